The summed E-state index contributed by atoms with van der Waals surface area (Å²) in [7, 11) is 2.05. The number of aromatic hydroxyl groups is 1. The maximum absolute atomic E-state index is 9.96. The lowest BCUT2D eigenvalue weighted by Gasteiger charge is -2.04. The van der Waals surface area contributed by atoms with Crippen LogP contribution in [0.1, 0.15) is 11.1 Å². The molecule has 116 valence electrons. The van der Waals surface area contributed by atoms with Crippen LogP contribution in [-0.4, -0.2) is 10.1 Å². The van der Waals surface area contributed by atoms with E-state index in [1.165, 1.54) is 10.9 Å². The summed E-state index contributed by atoms with van der Waals surface area (Å²) in [5.74, 6) is 0.208. The third-order valence-corrected chi connectivity index (χ3v) is 4.30. The maximum atomic E-state index is 9.96. The fourth-order valence-corrected chi connectivity index (χ4v) is 3.04. The molecule has 4 aromatic rings. The summed E-state index contributed by atoms with van der Waals surface area (Å²) in [6.45, 7) is 0. The molecule has 0 spiro atoms. The molecule has 3 heteroatoms. The first-order valence-electron chi connectivity index (χ1n) is 7.86. The van der Waals surface area contributed by atoms with Crippen LogP contribution in [0.25, 0.3) is 34.0 Å². The van der Waals surface area contributed by atoms with Crippen molar-refractivity contribution < 1.29 is 9.67 Å². The van der Waals surface area contributed by atoms with E-state index in [1.54, 1.807) is 12.3 Å². The number of fused-ring (bicyclic) bond motifs is 2. The molecular weight excluding hydrogens is 296 g/mol. The second kappa shape index (κ2) is 5.78. The Kier molecular flexibility index (Phi) is 3.47. The molecule has 0 aliphatic rings. The monoisotopic (exact) mass is 313 g/mol. The largest absolute Gasteiger partial charge is 0.506 e. The van der Waals surface area contributed by atoms with Crippen molar-refractivity contribution >= 4 is 34.0 Å². The molecular formula is C21H17N2O+. The van der Waals surface area contributed by atoms with E-state index in [2.05, 4.69) is 65.3 Å². The standard InChI is InChI=1S/C21H16N2O/c1-23-14-12-16(17-5-2-3-7-19(17)23)9-8-15-10-11-20(24)21-18(15)6-4-13-22-21/h2-14H,1H3/p+1. The number of phenolic OH excluding ortho intramolecular Hbond substituents is 1. The van der Waals surface area contributed by atoms with Gasteiger partial charge < -0.3 is 5.11 Å². The Morgan fingerprint density at radius 3 is 2.50 bits per heavy atom. The zero-order valence-corrected chi connectivity index (χ0v) is 13.3. The van der Waals surface area contributed by atoms with E-state index in [-0.39, 0.29) is 5.75 Å². The summed E-state index contributed by atoms with van der Waals surface area (Å²) in [6, 6.07) is 17.9. The highest BCUT2D eigenvalue weighted by Gasteiger charge is 2.07. The topological polar surface area (TPSA) is 37.0 Å². The number of hydrogen-bond donors (Lipinski definition) is 1. The molecule has 0 saturated carbocycles. The molecule has 0 saturated heterocycles. The average molecular weight is 313 g/mol. The summed E-state index contributed by atoms with van der Waals surface area (Å²) >= 11 is 0. The molecule has 24 heavy (non-hydrogen) atoms. The first-order chi connectivity index (χ1) is 11.7. The number of nitrogens with zero attached hydrogens (tertiary/aromatic N) is 2. The van der Waals surface area contributed by atoms with Gasteiger partial charge in [0.15, 0.2) is 6.20 Å². The quantitative estimate of drug-likeness (QED) is 0.566. The summed E-state index contributed by atoms with van der Waals surface area (Å²) in [5, 5.41) is 12.1. The van der Waals surface area contributed by atoms with Crippen LogP contribution in [0.2, 0.25) is 0 Å². The number of phenols is 1. The van der Waals surface area contributed by atoms with Gasteiger partial charge in [0.05, 0.1) is 5.39 Å². The summed E-state index contributed by atoms with van der Waals surface area (Å²) in [4.78, 5) is 4.27. The third-order valence-electron chi connectivity index (χ3n) is 4.30. The van der Waals surface area contributed by atoms with Crippen LogP contribution >= 0.6 is 0 Å². The van der Waals surface area contributed by atoms with Crippen LogP contribution in [-0.2, 0) is 7.05 Å². The molecule has 2 aromatic heterocycles. The van der Waals surface area contributed by atoms with E-state index < -0.39 is 0 Å². The van der Waals surface area contributed by atoms with Crippen LogP contribution in [0.5, 0.6) is 5.75 Å². The van der Waals surface area contributed by atoms with E-state index in [9.17, 15) is 5.11 Å². The molecule has 0 radical (unpaired) electrons. The van der Waals surface area contributed by atoms with Crippen molar-refractivity contribution in [3.05, 3.63) is 78.1 Å². The zero-order chi connectivity index (χ0) is 16.5. The smallest absolute Gasteiger partial charge is 0.212 e. The Morgan fingerprint density at radius 2 is 1.62 bits per heavy atom. The van der Waals surface area contributed by atoms with Gasteiger partial charge in [0.2, 0.25) is 5.52 Å². The van der Waals surface area contributed by atoms with Gasteiger partial charge in [-0.3, -0.25) is 4.98 Å². The first-order valence-corrected chi connectivity index (χ1v) is 7.86. The number of rotatable bonds is 2. The molecule has 1 N–H and O–H groups in total. The van der Waals surface area contributed by atoms with E-state index in [4.69, 9.17) is 0 Å². The Balaban J connectivity index is 1.85. The fourth-order valence-electron chi connectivity index (χ4n) is 3.04. The van der Waals surface area contributed by atoms with Crippen molar-refractivity contribution in [2.45, 2.75) is 0 Å². The molecule has 0 fully saturated rings. The molecule has 0 aliphatic heterocycles. The van der Waals surface area contributed by atoms with Crippen LogP contribution in [0, 0.1) is 0 Å². The predicted octanol–water partition coefficient (Wildman–Crippen LogP) is 4.09. The lowest BCUT2D eigenvalue weighted by atomic mass is 10.0. The Morgan fingerprint density at radius 1 is 0.875 bits per heavy atom. The lowest BCUT2D eigenvalue weighted by Crippen LogP contribution is -2.28. The minimum absolute atomic E-state index is 0.208. The highest BCUT2D eigenvalue weighted by Crippen LogP contribution is 2.27. The van der Waals surface area contributed by atoms with Gasteiger partial charge in [0.1, 0.15) is 18.3 Å². The Hall–Kier alpha value is -3.20. The number of pyridine rings is 2. The Bertz CT molecular complexity index is 996. The van der Waals surface area contributed by atoms with Crippen molar-refractivity contribution in [3.8, 4) is 5.75 Å². The van der Waals surface area contributed by atoms with Crippen LogP contribution < -0.4 is 4.57 Å². The van der Waals surface area contributed by atoms with Gasteiger partial charge >= 0.3 is 0 Å². The minimum atomic E-state index is 0.208. The molecule has 0 atom stereocenters. The van der Waals surface area contributed by atoms with Crippen molar-refractivity contribution in [2.75, 3.05) is 0 Å². The van der Waals surface area contributed by atoms with Crippen molar-refractivity contribution in [1.29, 1.82) is 0 Å². The van der Waals surface area contributed by atoms with Gasteiger partial charge in [-0.2, -0.15) is 0 Å². The number of benzene rings is 2. The first kappa shape index (κ1) is 14.4. The number of aryl methyl sites for hydroxylation is 1. The molecule has 0 unspecified atom stereocenters. The molecule has 0 amide bonds. The fraction of sp³-hybridized carbons (Fsp3) is 0.0476. The van der Waals surface area contributed by atoms with Gasteiger partial charge in [-0.25, -0.2) is 4.57 Å². The van der Waals surface area contributed by atoms with E-state index in [1.807, 2.05) is 18.2 Å². The molecule has 2 aromatic carbocycles. The second-order valence-corrected chi connectivity index (χ2v) is 5.81. The van der Waals surface area contributed by atoms with Gasteiger partial charge in [-0.15, -0.1) is 0 Å². The molecule has 3 nitrogen and oxygen atoms in total. The Labute approximate surface area is 140 Å². The van der Waals surface area contributed by atoms with Crippen molar-refractivity contribution in [3.63, 3.8) is 0 Å². The maximum Gasteiger partial charge on any atom is 0.212 e. The normalized spacial score (nSPS) is 11.5. The summed E-state index contributed by atoms with van der Waals surface area (Å²) in [6.07, 6.45) is 7.95. The predicted molar refractivity (Wildman–Crippen MR) is 97.5 cm³/mol. The summed E-state index contributed by atoms with van der Waals surface area (Å²) in [5.41, 5.74) is 4.02. The van der Waals surface area contributed by atoms with E-state index >= 15 is 0 Å². The SMILES string of the molecule is C[n+]1ccc(/C=C/c2ccc(O)c3ncccc23)c2ccccc21. The van der Waals surface area contributed by atoms with Crippen molar-refractivity contribution in [1.82, 2.24) is 4.98 Å². The van der Waals surface area contributed by atoms with Crippen LogP contribution in [0.4, 0.5) is 0 Å². The van der Waals surface area contributed by atoms with Gasteiger partial charge in [-0.05, 0) is 29.3 Å². The number of hydrogen-bond acceptors (Lipinski definition) is 2. The van der Waals surface area contributed by atoms with Crippen molar-refractivity contribution in [2.24, 2.45) is 7.05 Å². The van der Waals surface area contributed by atoms with Gasteiger partial charge in [0.25, 0.3) is 0 Å². The van der Waals surface area contributed by atoms with Gasteiger partial charge in [0, 0.05) is 23.7 Å². The zero-order valence-electron chi connectivity index (χ0n) is 13.3. The average Bonchev–Trinajstić information content (AvgIpc) is 2.63. The second-order valence-electron chi connectivity index (χ2n) is 5.81. The molecule has 0 aliphatic carbocycles. The van der Waals surface area contributed by atoms with Gasteiger partial charge in [-0.1, -0.05) is 36.4 Å². The van der Waals surface area contributed by atoms with E-state index in [0.29, 0.717) is 5.52 Å². The highest BCUT2D eigenvalue weighted by molar-refractivity contribution is 5.96. The van der Waals surface area contributed by atoms with Crippen LogP contribution in [0.15, 0.2) is 67.0 Å². The molecule has 4 rings (SSSR count). The van der Waals surface area contributed by atoms with E-state index in [0.717, 1.165) is 16.5 Å². The molecule has 2 heterocycles. The number of para-hydroxylation sites is 1. The third kappa shape index (κ3) is 2.40. The molecule has 0 bridgehead atoms. The highest BCUT2D eigenvalue weighted by atomic mass is 16.3. The minimum Gasteiger partial charge on any atom is -0.506 e. The lowest BCUT2D eigenvalue weighted by molar-refractivity contribution is -0.644. The number of aromatic nitrogens is 2. The van der Waals surface area contributed by atoms with Crippen LogP contribution in [0.3, 0.4) is 0 Å². The summed E-state index contributed by atoms with van der Waals surface area (Å²) < 4.78 is 2.12.